The summed E-state index contributed by atoms with van der Waals surface area (Å²) in [5, 5.41) is 0. The summed E-state index contributed by atoms with van der Waals surface area (Å²) in [5.74, 6) is 0.146. The predicted molar refractivity (Wildman–Crippen MR) is 74.1 cm³/mol. The Kier molecular flexibility index (Phi) is 3.82. The summed E-state index contributed by atoms with van der Waals surface area (Å²) >= 11 is 0. The minimum Gasteiger partial charge on any atom is -0.364 e. The van der Waals surface area contributed by atoms with Crippen molar-refractivity contribution >= 4 is 11.5 Å². The zero-order valence-electron chi connectivity index (χ0n) is 10.8. The van der Waals surface area contributed by atoms with Crippen LogP contribution in [0.15, 0.2) is 48.7 Å². The molecule has 0 saturated carbocycles. The van der Waals surface area contributed by atoms with Crippen molar-refractivity contribution in [3.05, 3.63) is 54.4 Å². The van der Waals surface area contributed by atoms with E-state index in [1.807, 2.05) is 60.3 Å². The van der Waals surface area contributed by atoms with Crippen molar-refractivity contribution in [3.63, 3.8) is 0 Å². The molecule has 0 N–H and O–H groups in total. The summed E-state index contributed by atoms with van der Waals surface area (Å²) in [6.07, 6.45) is 1.89. The molecule has 0 amide bonds. The predicted octanol–water partition coefficient (Wildman–Crippen LogP) is 2.73. The van der Waals surface area contributed by atoms with Crippen LogP contribution in [0, 0.1) is 0 Å². The van der Waals surface area contributed by atoms with Crippen molar-refractivity contribution in [2.75, 3.05) is 18.0 Å². The number of Topliss-reactive ketones (excluding diaryl/α,β-unsaturated/α-hetero) is 1. The third kappa shape index (κ3) is 2.62. The van der Waals surface area contributed by atoms with Crippen molar-refractivity contribution in [1.29, 1.82) is 0 Å². The molecule has 2 rings (SSSR count). The molecule has 0 aliphatic heterocycles. The molecule has 0 saturated heterocycles. The Morgan fingerprint density at radius 3 is 2.44 bits per heavy atom. The second-order valence-electron chi connectivity index (χ2n) is 4.28. The molecule has 1 heterocycles. The topological polar surface area (TPSA) is 25.2 Å². The third-order valence-electron chi connectivity index (χ3n) is 3.07. The lowest BCUT2D eigenvalue weighted by Gasteiger charge is -2.22. The Morgan fingerprint density at radius 2 is 1.89 bits per heavy atom. The number of benzene rings is 1. The summed E-state index contributed by atoms with van der Waals surface area (Å²) in [6, 6.07) is 13.8. The quantitative estimate of drug-likeness (QED) is 0.753. The van der Waals surface area contributed by atoms with E-state index in [2.05, 4.69) is 11.8 Å². The van der Waals surface area contributed by atoms with Gasteiger partial charge in [-0.25, -0.2) is 0 Å². The van der Waals surface area contributed by atoms with Gasteiger partial charge < -0.3 is 9.47 Å². The maximum atomic E-state index is 12.2. The van der Waals surface area contributed by atoms with Crippen LogP contribution < -0.4 is 4.90 Å². The van der Waals surface area contributed by atoms with Gasteiger partial charge in [-0.05, 0) is 31.2 Å². The highest BCUT2D eigenvalue weighted by Crippen LogP contribution is 2.13. The van der Waals surface area contributed by atoms with Gasteiger partial charge in [0.2, 0.25) is 0 Å². The molecule has 2 aromatic rings. The smallest absolute Gasteiger partial charge is 0.198 e. The number of likely N-dealkylation sites (N-methyl/N-ethyl adjacent to an activating group) is 1. The first-order valence-corrected chi connectivity index (χ1v) is 6.17. The van der Waals surface area contributed by atoms with Gasteiger partial charge in [-0.15, -0.1) is 0 Å². The van der Waals surface area contributed by atoms with Gasteiger partial charge in [-0.2, -0.15) is 0 Å². The number of rotatable bonds is 5. The number of aryl methyl sites for hydroxylation is 1. The molecule has 0 aliphatic rings. The first-order valence-electron chi connectivity index (χ1n) is 6.17. The Bertz CT molecular complexity index is 516. The first kappa shape index (κ1) is 12.4. The number of carbonyl (C=O) groups is 1. The average Bonchev–Trinajstić information content (AvgIpc) is 2.83. The lowest BCUT2D eigenvalue weighted by Crippen LogP contribution is -2.30. The normalized spacial score (nSPS) is 10.3. The highest BCUT2D eigenvalue weighted by Gasteiger charge is 2.13. The molecule has 0 unspecified atom stereocenters. The van der Waals surface area contributed by atoms with Crippen LogP contribution >= 0.6 is 0 Å². The van der Waals surface area contributed by atoms with Gasteiger partial charge in [0, 0.05) is 25.5 Å². The van der Waals surface area contributed by atoms with Crippen LogP contribution in [0.1, 0.15) is 17.4 Å². The van der Waals surface area contributed by atoms with E-state index in [9.17, 15) is 4.79 Å². The number of hydrogen-bond acceptors (Lipinski definition) is 2. The molecule has 0 aliphatic carbocycles. The largest absolute Gasteiger partial charge is 0.364 e. The Labute approximate surface area is 108 Å². The van der Waals surface area contributed by atoms with Gasteiger partial charge in [0.25, 0.3) is 0 Å². The van der Waals surface area contributed by atoms with E-state index < -0.39 is 0 Å². The zero-order valence-corrected chi connectivity index (χ0v) is 10.8. The summed E-state index contributed by atoms with van der Waals surface area (Å²) in [4.78, 5) is 14.3. The third-order valence-corrected chi connectivity index (χ3v) is 3.07. The monoisotopic (exact) mass is 242 g/mol. The summed E-state index contributed by atoms with van der Waals surface area (Å²) in [5.41, 5.74) is 1.84. The lowest BCUT2D eigenvalue weighted by molar-refractivity contribution is 0.0991. The van der Waals surface area contributed by atoms with Crippen LogP contribution in [0.4, 0.5) is 5.69 Å². The number of carbonyl (C=O) groups excluding carboxylic acids is 1. The van der Waals surface area contributed by atoms with Crippen LogP contribution in [0.3, 0.4) is 0 Å². The van der Waals surface area contributed by atoms with E-state index in [1.165, 1.54) is 0 Å². The second-order valence-corrected chi connectivity index (χ2v) is 4.28. The number of anilines is 1. The van der Waals surface area contributed by atoms with Gasteiger partial charge in [0.1, 0.15) is 0 Å². The Hall–Kier alpha value is -2.03. The highest BCUT2D eigenvalue weighted by molar-refractivity contribution is 5.98. The summed E-state index contributed by atoms with van der Waals surface area (Å²) < 4.78 is 1.86. The SMILES string of the molecule is CCN(CC(=O)c1cccn1C)c1ccccc1. The lowest BCUT2D eigenvalue weighted by atomic mass is 10.2. The van der Waals surface area contributed by atoms with Crippen molar-refractivity contribution in [3.8, 4) is 0 Å². The van der Waals surface area contributed by atoms with Gasteiger partial charge in [-0.1, -0.05) is 18.2 Å². The number of ketones is 1. The molecular formula is C15H18N2O. The van der Waals surface area contributed by atoms with E-state index in [4.69, 9.17) is 0 Å². The van der Waals surface area contributed by atoms with Gasteiger partial charge in [0.15, 0.2) is 5.78 Å². The van der Waals surface area contributed by atoms with E-state index in [-0.39, 0.29) is 5.78 Å². The average molecular weight is 242 g/mol. The molecule has 0 spiro atoms. The van der Waals surface area contributed by atoms with Crippen molar-refractivity contribution in [2.24, 2.45) is 7.05 Å². The van der Waals surface area contributed by atoms with Gasteiger partial charge >= 0.3 is 0 Å². The minimum atomic E-state index is 0.146. The zero-order chi connectivity index (χ0) is 13.0. The standard InChI is InChI=1S/C15H18N2O/c1-3-17(13-8-5-4-6-9-13)12-15(18)14-10-7-11-16(14)2/h4-11H,3,12H2,1-2H3. The van der Waals surface area contributed by atoms with Crippen LogP contribution in [0.5, 0.6) is 0 Å². The van der Waals surface area contributed by atoms with Crippen LogP contribution in [-0.4, -0.2) is 23.4 Å². The van der Waals surface area contributed by atoms with E-state index in [0.717, 1.165) is 17.9 Å². The van der Waals surface area contributed by atoms with E-state index in [1.54, 1.807) is 0 Å². The van der Waals surface area contributed by atoms with E-state index in [0.29, 0.717) is 6.54 Å². The van der Waals surface area contributed by atoms with Crippen molar-refractivity contribution < 1.29 is 4.79 Å². The van der Waals surface area contributed by atoms with Crippen LogP contribution in [0.2, 0.25) is 0 Å². The van der Waals surface area contributed by atoms with Crippen LogP contribution in [0.25, 0.3) is 0 Å². The maximum Gasteiger partial charge on any atom is 0.198 e. The second kappa shape index (κ2) is 5.54. The molecule has 0 bridgehead atoms. The molecule has 0 fully saturated rings. The molecule has 1 aromatic heterocycles. The molecule has 0 atom stereocenters. The van der Waals surface area contributed by atoms with Crippen molar-refractivity contribution in [1.82, 2.24) is 4.57 Å². The molecule has 3 heteroatoms. The van der Waals surface area contributed by atoms with Gasteiger partial charge in [-0.3, -0.25) is 4.79 Å². The number of aromatic nitrogens is 1. The van der Waals surface area contributed by atoms with Crippen LogP contribution in [-0.2, 0) is 7.05 Å². The Morgan fingerprint density at radius 1 is 1.17 bits per heavy atom. The fourth-order valence-corrected chi connectivity index (χ4v) is 2.03. The molecule has 18 heavy (non-hydrogen) atoms. The fraction of sp³-hybridized carbons (Fsp3) is 0.267. The molecule has 94 valence electrons. The number of hydrogen-bond donors (Lipinski definition) is 0. The minimum absolute atomic E-state index is 0.146. The summed E-state index contributed by atoms with van der Waals surface area (Å²) in [7, 11) is 1.89. The maximum absolute atomic E-state index is 12.2. The molecule has 3 nitrogen and oxygen atoms in total. The number of para-hydroxylation sites is 1. The first-order chi connectivity index (χ1) is 8.72. The summed E-state index contributed by atoms with van der Waals surface area (Å²) in [6.45, 7) is 3.30. The molecular weight excluding hydrogens is 224 g/mol. The van der Waals surface area contributed by atoms with Gasteiger partial charge in [0.05, 0.1) is 12.2 Å². The van der Waals surface area contributed by atoms with Crippen molar-refractivity contribution in [2.45, 2.75) is 6.92 Å². The molecule has 1 aromatic carbocycles. The number of nitrogens with zero attached hydrogens (tertiary/aromatic N) is 2. The molecule has 0 radical (unpaired) electrons. The Balaban J connectivity index is 2.13. The highest BCUT2D eigenvalue weighted by atomic mass is 16.1. The van der Waals surface area contributed by atoms with E-state index >= 15 is 0 Å². The fourth-order valence-electron chi connectivity index (χ4n) is 2.03.